The number of nitrogens with one attached hydrogen (secondary N) is 1. The summed E-state index contributed by atoms with van der Waals surface area (Å²) in [7, 11) is 4.12. The van der Waals surface area contributed by atoms with Crippen molar-refractivity contribution in [3.8, 4) is 0 Å². The minimum absolute atomic E-state index is 0.327. The molecule has 1 aliphatic heterocycles. The zero-order valence-electron chi connectivity index (χ0n) is 10.1. The fourth-order valence-corrected chi connectivity index (χ4v) is 2.13. The molecule has 1 saturated heterocycles. The van der Waals surface area contributed by atoms with Crippen molar-refractivity contribution in [1.82, 2.24) is 14.8 Å². The summed E-state index contributed by atoms with van der Waals surface area (Å²) in [6, 6.07) is 2.16. The lowest BCUT2D eigenvalue weighted by atomic mass is 10.3. The molecule has 0 spiro atoms. The molecule has 0 amide bonds. The van der Waals surface area contributed by atoms with Gasteiger partial charge in [-0.3, -0.25) is 0 Å². The lowest BCUT2D eigenvalue weighted by Gasteiger charge is -2.30. The van der Waals surface area contributed by atoms with Crippen molar-refractivity contribution in [2.45, 2.75) is 19.2 Å². The molecule has 0 bridgehead atoms. The summed E-state index contributed by atoms with van der Waals surface area (Å²) in [5, 5.41) is 3.16. The Labute approximate surface area is 97.2 Å². The maximum atomic E-state index is 5.74. The van der Waals surface area contributed by atoms with E-state index in [4.69, 9.17) is 4.74 Å². The summed E-state index contributed by atoms with van der Waals surface area (Å²) >= 11 is 0. The topological polar surface area (TPSA) is 29.4 Å². The summed E-state index contributed by atoms with van der Waals surface area (Å²) < 4.78 is 7.96. The first-order chi connectivity index (χ1) is 7.78. The van der Waals surface area contributed by atoms with Gasteiger partial charge in [-0.25, -0.2) is 0 Å². The van der Waals surface area contributed by atoms with E-state index in [9.17, 15) is 0 Å². The first kappa shape index (κ1) is 11.6. The lowest BCUT2D eigenvalue weighted by molar-refractivity contribution is -0.0274. The van der Waals surface area contributed by atoms with Gasteiger partial charge in [0.15, 0.2) is 0 Å². The van der Waals surface area contributed by atoms with Crippen molar-refractivity contribution < 1.29 is 4.74 Å². The van der Waals surface area contributed by atoms with Gasteiger partial charge in [0, 0.05) is 38.6 Å². The van der Waals surface area contributed by atoms with E-state index < -0.39 is 0 Å². The molecule has 1 N–H and O–H groups in total. The summed E-state index contributed by atoms with van der Waals surface area (Å²) in [4.78, 5) is 2.33. The number of likely N-dealkylation sites (N-methyl/N-ethyl adjacent to an activating group) is 1. The van der Waals surface area contributed by atoms with Crippen molar-refractivity contribution in [1.29, 1.82) is 0 Å². The average molecular weight is 223 g/mol. The highest BCUT2D eigenvalue weighted by molar-refractivity contribution is 5.09. The Hall–Kier alpha value is -0.840. The second-order valence-corrected chi connectivity index (χ2v) is 4.50. The second kappa shape index (κ2) is 5.48. The van der Waals surface area contributed by atoms with Crippen LogP contribution in [0.25, 0.3) is 0 Å². The minimum atomic E-state index is 0.327. The quantitative estimate of drug-likeness (QED) is 0.808. The number of rotatable bonds is 4. The van der Waals surface area contributed by atoms with E-state index in [1.54, 1.807) is 0 Å². The van der Waals surface area contributed by atoms with Gasteiger partial charge in [0.05, 0.1) is 12.7 Å². The fraction of sp³-hybridized carbons (Fsp3) is 0.667. The molecule has 0 aromatic carbocycles. The third-order valence-corrected chi connectivity index (χ3v) is 2.95. The van der Waals surface area contributed by atoms with Crippen LogP contribution in [0.1, 0.15) is 5.56 Å². The van der Waals surface area contributed by atoms with E-state index in [-0.39, 0.29) is 0 Å². The molecule has 2 rings (SSSR count). The zero-order valence-corrected chi connectivity index (χ0v) is 10.1. The molecule has 1 aromatic rings. The summed E-state index contributed by atoms with van der Waals surface area (Å²) in [6.07, 6.45) is 4.65. The first-order valence-corrected chi connectivity index (χ1v) is 5.87. The molecule has 90 valence electrons. The monoisotopic (exact) mass is 223 g/mol. The van der Waals surface area contributed by atoms with Crippen molar-refractivity contribution in [2.24, 2.45) is 0 Å². The van der Waals surface area contributed by atoms with Crippen LogP contribution in [0, 0.1) is 0 Å². The third-order valence-electron chi connectivity index (χ3n) is 2.95. The maximum Gasteiger partial charge on any atom is 0.0880 e. The molecule has 1 unspecified atom stereocenters. The first-order valence-electron chi connectivity index (χ1n) is 5.87. The van der Waals surface area contributed by atoms with E-state index in [1.165, 1.54) is 5.56 Å². The molecule has 0 radical (unpaired) electrons. The molecule has 1 atom stereocenters. The molecule has 2 heterocycles. The zero-order chi connectivity index (χ0) is 11.4. The van der Waals surface area contributed by atoms with Gasteiger partial charge in [0.2, 0.25) is 0 Å². The number of nitrogens with zero attached hydrogens (tertiary/aromatic N) is 2. The standard InChI is InChI=1S/C12H21N3O/c1-13-7-11-3-4-15(8-11)10-12-9-14(2)5-6-16-12/h3-4,8,12-13H,5-7,9-10H2,1-2H3. The van der Waals surface area contributed by atoms with Gasteiger partial charge in [0.1, 0.15) is 0 Å². The molecule has 0 saturated carbocycles. The predicted octanol–water partition coefficient (Wildman–Crippen LogP) is 0.538. The van der Waals surface area contributed by atoms with Crippen LogP contribution in [0.3, 0.4) is 0 Å². The Morgan fingerprint density at radius 1 is 1.56 bits per heavy atom. The molecule has 0 aliphatic carbocycles. The van der Waals surface area contributed by atoms with Crippen molar-refractivity contribution in [3.63, 3.8) is 0 Å². The lowest BCUT2D eigenvalue weighted by Crippen LogP contribution is -2.41. The highest BCUT2D eigenvalue weighted by Crippen LogP contribution is 2.08. The number of hydrogen-bond donors (Lipinski definition) is 1. The van der Waals surface area contributed by atoms with Crippen LogP contribution in [-0.4, -0.2) is 49.4 Å². The molecular formula is C12H21N3O. The van der Waals surface area contributed by atoms with Gasteiger partial charge in [0.25, 0.3) is 0 Å². The van der Waals surface area contributed by atoms with E-state index in [2.05, 4.69) is 40.3 Å². The van der Waals surface area contributed by atoms with Gasteiger partial charge < -0.3 is 19.5 Å². The number of hydrogen-bond acceptors (Lipinski definition) is 3. The normalized spacial score (nSPS) is 22.5. The van der Waals surface area contributed by atoms with Gasteiger partial charge in [-0.05, 0) is 25.7 Å². The van der Waals surface area contributed by atoms with E-state index >= 15 is 0 Å². The average Bonchev–Trinajstić information content (AvgIpc) is 2.66. The van der Waals surface area contributed by atoms with Crippen LogP contribution >= 0.6 is 0 Å². The third kappa shape index (κ3) is 3.07. The Morgan fingerprint density at radius 3 is 3.19 bits per heavy atom. The Bertz CT molecular complexity index is 324. The van der Waals surface area contributed by atoms with E-state index in [0.29, 0.717) is 6.10 Å². The van der Waals surface area contributed by atoms with Crippen LogP contribution in [0.4, 0.5) is 0 Å². The van der Waals surface area contributed by atoms with Crippen molar-refractivity contribution in [2.75, 3.05) is 33.8 Å². The second-order valence-electron chi connectivity index (χ2n) is 4.50. The van der Waals surface area contributed by atoms with Gasteiger partial charge in [-0.1, -0.05) is 0 Å². The van der Waals surface area contributed by atoms with Crippen LogP contribution in [0.15, 0.2) is 18.5 Å². The smallest absolute Gasteiger partial charge is 0.0880 e. The summed E-state index contributed by atoms with van der Waals surface area (Å²) in [6.45, 7) is 4.81. The van der Waals surface area contributed by atoms with Gasteiger partial charge in [-0.15, -0.1) is 0 Å². The van der Waals surface area contributed by atoms with Crippen molar-refractivity contribution >= 4 is 0 Å². The summed E-state index contributed by atoms with van der Waals surface area (Å²) in [5.41, 5.74) is 1.33. The Morgan fingerprint density at radius 2 is 2.44 bits per heavy atom. The fourth-order valence-electron chi connectivity index (χ4n) is 2.13. The number of morpholine rings is 1. The molecule has 16 heavy (non-hydrogen) atoms. The Kier molecular flexibility index (Phi) is 3.98. The number of ether oxygens (including phenoxy) is 1. The van der Waals surface area contributed by atoms with Crippen LogP contribution in [0.2, 0.25) is 0 Å². The number of aromatic nitrogens is 1. The summed E-state index contributed by atoms with van der Waals surface area (Å²) in [5.74, 6) is 0. The van der Waals surface area contributed by atoms with Crippen molar-refractivity contribution in [3.05, 3.63) is 24.0 Å². The Balaban J connectivity index is 1.87. The predicted molar refractivity (Wildman–Crippen MR) is 64.4 cm³/mol. The molecule has 4 heteroatoms. The molecule has 1 aliphatic rings. The molecule has 4 nitrogen and oxygen atoms in total. The van der Waals surface area contributed by atoms with Crippen LogP contribution in [-0.2, 0) is 17.8 Å². The molecular weight excluding hydrogens is 202 g/mol. The SMILES string of the molecule is CNCc1ccn(CC2CN(C)CCO2)c1. The van der Waals surface area contributed by atoms with Crippen LogP contribution < -0.4 is 5.32 Å². The highest BCUT2D eigenvalue weighted by atomic mass is 16.5. The van der Waals surface area contributed by atoms with Gasteiger partial charge >= 0.3 is 0 Å². The molecule has 1 aromatic heterocycles. The molecule has 1 fully saturated rings. The largest absolute Gasteiger partial charge is 0.374 e. The van der Waals surface area contributed by atoms with Crippen LogP contribution in [0.5, 0.6) is 0 Å². The van der Waals surface area contributed by atoms with E-state index in [1.807, 2.05) is 7.05 Å². The minimum Gasteiger partial charge on any atom is -0.374 e. The van der Waals surface area contributed by atoms with Gasteiger partial charge in [-0.2, -0.15) is 0 Å². The maximum absolute atomic E-state index is 5.74. The highest BCUT2D eigenvalue weighted by Gasteiger charge is 2.17. The van der Waals surface area contributed by atoms with E-state index in [0.717, 1.165) is 32.8 Å².